The molecule has 0 spiro atoms. The SMILES string of the molecule is Cc1ccc(CN2N=N[C@H]3C(=O)N(c4ccccc4Cl)C(=O)[C@@H]32)cc1. The van der Waals surface area contributed by atoms with E-state index in [1.54, 1.807) is 29.3 Å². The summed E-state index contributed by atoms with van der Waals surface area (Å²) in [6.07, 6.45) is 0. The Labute approximate surface area is 149 Å². The minimum atomic E-state index is -0.811. The number of carbonyl (C=O) groups excluding carboxylic acids is 2. The first kappa shape index (κ1) is 15.8. The number of aryl methyl sites for hydroxylation is 1. The van der Waals surface area contributed by atoms with Crippen LogP contribution in [0.3, 0.4) is 0 Å². The molecule has 1 fully saturated rings. The van der Waals surface area contributed by atoms with Gasteiger partial charge in [0.2, 0.25) is 0 Å². The first-order valence-electron chi connectivity index (χ1n) is 7.91. The van der Waals surface area contributed by atoms with Crippen LogP contribution in [-0.2, 0) is 16.1 Å². The number of nitrogens with zero attached hydrogens (tertiary/aromatic N) is 4. The van der Waals surface area contributed by atoms with Gasteiger partial charge in [-0.3, -0.25) is 14.6 Å². The van der Waals surface area contributed by atoms with Gasteiger partial charge in [0.15, 0.2) is 12.1 Å². The molecule has 2 aliphatic rings. The summed E-state index contributed by atoms with van der Waals surface area (Å²) in [5, 5.41) is 10.0. The average molecular weight is 355 g/mol. The second-order valence-electron chi connectivity index (χ2n) is 6.14. The second-order valence-corrected chi connectivity index (χ2v) is 6.55. The Balaban J connectivity index is 1.62. The number of fused-ring (bicyclic) bond motifs is 1. The Hall–Kier alpha value is -2.73. The van der Waals surface area contributed by atoms with Crippen molar-refractivity contribution >= 4 is 29.1 Å². The summed E-state index contributed by atoms with van der Waals surface area (Å²) in [4.78, 5) is 26.7. The van der Waals surface area contributed by atoms with Gasteiger partial charge in [-0.15, -0.1) is 0 Å². The normalized spacial score (nSPS) is 22.0. The van der Waals surface area contributed by atoms with E-state index in [-0.39, 0.29) is 5.91 Å². The molecule has 2 aliphatic heterocycles. The number of amides is 2. The lowest BCUT2D eigenvalue weighted by Crippen LogP contribution is -2.39. The summed E-state index contributed by atoms with van der Waals surface area (Å²) >= 11 is 6.16. The second kappa shape index (κ2) is 5.97. The van der Waals surface area contributed by atoms with Crippen LogP contribution in [-0.4, -0.2) is 28.9 Å². The molecule has 2 amide bonds. The molecular weight excluding hydrogens is 340 g/mol. The van der Waals surface area contributed by atoms with Crippen LogP contribution in [0.2, 0.25) is 5.02 Å². The van der Waals surface area contributed by atoms with E-state index >= 15 is 0 Å². The maximum atomic E-state index is 12.9. The summed E-state index contributed by atoms with van der Waals surface area (Å²) < 4.78 is 0. The number of anilines is 1. The quantitative estimate of drug-likeness (QED) is 0.795. The molecule has 25 heavy (non-hydrogen) atoms. The van der Waals surface area contributed by atoms with Crippen molar-refractivity contribution in [1.82, 2.24) is 5.01 Å². The van der Waals surface area contributed by atoms with E-state index in [4.69, 9.17) is 11.6 Å². The van der Waals surface area contributed by atoms with E-state index in [0.29, 0.717) is 17.3 Å². The lowest BCUT2D eigenvalue weighted by molar-refractivity contribution is -0.123. The number of hydrogen-bond donors (Lipinski definition) is 0. The molecule has 0 N–H and O–H groups in total. The maximum Gasteiger partial charge on any atom is 0.263 e. The smallest absolute Gasteiger partial charge is 0.263 e. The van der Waals surface area contributed by atoms with Crippen molar-refractivity contribution < 1.29 is 9.59 Å². The molecule has 2 aromatic carbocycles. The number of benzene rings is 2. The zero-order valence-corrected chi connectivity index (χ0v) is 14.2. The monoisotopic (exact) mass is 354 g/mol. The fraction of sp³-hybridized carbons (Fsp3) is 0.222. The molecule has 0 aliphatic carbocycles. The molecule has 2 atom stereocenters. The summed E-state index contributed by atoms with van der Waals surface area (Å²) in [7, 11) is 0. The molecule has 0 saturated carbocycles. The fourth-order valence-electron chi connectivity index (χ4n) is 3.10. The summed E-state index contributed by atoms with van der Waals surface area (Å²) in [5.74, 6) is -0.738. The zero-order valence-electron chi connectivity index (χ0n) is 13.5. The van der Waals surface area contributed by atoms with Crippen molar-refractivity contribution in [1.29, 1.82) is 0 Å². The number of hydrogen-bond acceptors (Lipinski definition) is 5. The van der Waals surface area contributed by atoms with Crippen molar-refractivity contribution in [2.75, 3.05) is 4.90 Å². The van der Waals surface area contributed by atoms with Gasteiger partial charge in [-0.1, -0.05) is 58.8 Å². The molecule has 0 bridgehead atoms. The van der Waals surface area contributed by atoms with E-state index < -0.39 is 18.0 Å². The highest BCUT2D eigenvalue weighted by molar-refractivity contribution is 6.36. The molecule has 0 aromatic heterocycles. The largest absolute Gasteiger partial charge is 0.271 e. The van der Waals surface area contributed by atoms with Crippen LogP contribution in [0.4, 0.5) is 5.69 Å². The van der Waals surface area contributed by atoms with E-state index in [1.807, 2.05) is 31.2 Å². The molecule has 0 unspecified atom stereocenters. The molecule has 4 rings (SSSR count). The van der Waals surface area contributed by atoms with E-state index in [1.165, 1.54) is 0 Å². The number of rotatable bonds is 3. The van der Waals surface area contributed by atoms with E-state index in [2.05, 4.69) is 10.3 Å². The number of para-hydroxylation sites is 1. The van der Waals surface area contributed by atoms with Gasteiger partial charge in [0.1, 0.15) is 0 Å². The van der Waals surface area contributed by atoms with Gasteiger partial charge in [0.05, 0.1) is 17.3 Å². The lowest BCUT2D eigenvalue weighted by atomic mass is 10.1. The Morgan fingerprint density at radius 1 is 1.04 bits per heavy atom. The third-order valence-electron chi connectivity index (χ3n) is 4.42. The highest BCUT2D eigenvalue weighted by Crippen LogP contribution is 2.35. The summed E-state index contributed by atoms with van der Waals surface area (Å²) in [6.45, 7) is 2.43. The highest BCUT2D eigenvalue weighted by Gasteiger charge is 2.55. The summed E-state index contributed by atoms with van der Waals surface area (Å²) in [6, 6.07) is 13.2. The van der Waals surface area contributed by atoms with Crippen molar-refractivity contribution in [2.24, 2.45) is 10.3 Å². The minimum absolute atomic E-state index is 0.347. The van der Waals surface area contributed by atoms with Crippen molar-refractivity contribution in [3.8, 4) is 0 Å². The van der Waals surface area contributed by atoms with Crippen LogP contribution in [0.1, 0.15) is 11.1 Å². The average Bonchev–Trinajstić information content (AvgIpc) is 3.12. The third-order valence-corrected chi connectivity index (χ3v) is 4.74. The Bertz CT molecular complexity index is 881. The van der Waals surface area contributed by atoms with Crippen molar-refractivity contribution in [3.05, 3.63) is 64.7 Å². The lowest BCUT2D eigenvalue weighted by Gasteiger charge is -2.21. The highest BCUT2D eigenvalue weighted by atomic mass is 35.5. The molecule has 1 saturated heterocycles. The van der Waals surface area contributed by atoms with Gasteiger partial charge in [-0.2, -0.15) is 5.11 Å². The first-order valence-corrected chi connectivity index (χ1v) is 8.29. The molecular formula is C18H15ClN4O2. The molecule has 7 heteroatoms. The molecule has 126 valence electrons. The third kappa shape index (κ3) is 2.59. The van der Waals surface area contributed by atoms with Crippen molar-refractivity contribution in [3.63, 3.8) is 0 Å². The van der Waals surface area contributed by atoms with Crippen LogP contribution in [0, 0.1) is 6.92 Å². The topological polar surface area (TPSA) is 65.3 Å². The number of imide groups is 1. The van der Waals surface area contributed by atoms with Gasteiger partial charge in [0, 0.05) is 0 Å². The van der Waals surface area contributed by atoms with Gasteiger partial charge >= 0.3 is 0 Å². The predicted molar refractivity (Wildman–Crippen MR) is 93.1 cm³/mol. The van der Waals surface area contributed by atoms with E-state index in [0.717, 1.165) is 16.0 Å². The van der Waals surface area contributed by atoms with Gasteiger partial charge in [-0.05, 0) is 24.6 Å². The zero-order chi connectivity index (χ0) is 17.6. The van der Waals surface area contributed by atoms with Gasteiger partial charge in [-0.25, -0.2) is 4.90 Å². The van der Waals surface area contributed by atoms with Crippen LogP contribution in [0.5, 0.6) is 0 Å². The fourth-order valence-corrected chi connectivity index (χ4v) is 3.33. The predicted octanol–water partition coefficient (Wildman–Crippen LogP) is 3.14. The first-order chi connectivity index (χ1) is 12.1. The van der Waals surface area contributed by atoms with Crippen LogP contribution in [0.15, 0.2) is 58.9 Å². The maximum absolute atomic E-state index is 12.9. The van der Waals surface area contributed by atoms with Gasteiger partial charge in [0.25, 0.3) is 11.8 Å². The van der Waals surface area contributed by atoms with E-state index in [9.17, 15) is 9.59 Å². The summed E-state index contributed by atoms with van der Waals surface area (Å²) in [5.41, 5.74) is 2.54. The van der Waals surface area contributed by atoms with Gasteiger partial charge < -0.3 is 0 Å². The molecule has 6 nitrogen and oxygen atoms in total. The Morgan fingerprint density at radius 3 is 2.48 bits per heavy atom. The molecule has 2 aromatic rings. The minimum Gasteiger partial charge on any atom is -0.271 e. The van der Waals surface area contributed by atoms with Crippen LogP contribution in [0.25, 0.3) is 0 Å². The van der Waals surface area contributed by atoms with Crippen LogP contribution >= 0.6 is 11.6 Å². The molecule has 2 heterocycles. The Kier molecular flexibility index (Phi) is 3.77. The number of carbonyl (C=O) groups is 2. The van der Waals surface area contributed by atoms with Crippen molar-refractivity contribution in [2.45, 2.75) is 25.6 Å². The Morgan fingerprint density at radius 2 is 1.76 bits per heavy atom. The standard InChI is InChI=1S/C18H15ClN4O2/c1-11-6-8-12(9-7-11)10-22-16-15(20-21-22)17(24)23(18(16)25)14-5-3-2-4-13(14)19/h2-9,15-16H,10H2,1H3/t15-,16-/m1/s1. The van der Waals surface area contributed by atoms with Crippen LogP contribution < -0.4 is 4.90 Å². The number of halogens is 1. The molecule has 0 radical (unpaired) electrons.